The fourth-order valence-electron chi connectivity index (χ4n) is 3.74. The summed E-state index contributed by atoms with van der Waals surface area (Å²) in [6.07, 6.45) is 2.48. The van der Waals surface area contributed by atoms with Crippen molar-refractivity contribution in [2.24, 2.45) is 0 Å². The molecule has 0 spiro atoms. The van der Waals surface area contributed by atoms with Crippen LogP contribution in [-0.2, 0) is 22.4 Å². The number of fused-ring (bicyclic) bond motifs is 2. The van der Waals surface area contributed by atoms with Gasteiger partial charge < -0.3 is 4.74 Å². The first-order chi connectivity index (χ1) is 12.3. The van der Waals surface area contributed by atoms with Gasteiger partial charge in [-0.25, -0.2) is 0 Å². The second-order valence-corrected chi connectivity index (χ2v) is 6.69. The predicted octanol–water partition coefficient (Wildman–Crippen LogP) is 3.17. The van der Waals surface area contributed by atoms with E-state index in [1.165, 1.54) is 11.1 Å². The van der Waals surface area contributed by atoms with Crippen LogP contribution in [0.5, 0.6) is 0 Å². The number of ether oxygens (including phenoxy) is 1. The Morgan fingerprint density at radius 1 is 0.880 bits per heavy atom. The molecule has 1 fully saturated rings. The van der Waals surface area contributed by atoms with Crippen LogP contribution in [0.1, 0.15) is 17.5 Å². The summed E-state index contributed by atoms with van der Waals surface area (Å²) in [5.74, 6) is 0.174. The van der Waals surface area contributed by atoms with Crippen molar-refractivity contribution in [2.45, 2.75) is 19.3 Å². The second kappa shape index (κ2) is 7.38. The zero-order valence-electron chi connectivity index (χ0n) is 14.5. The molecule has 2 aliphatic heterocycles. The van der Waals surface area contributed by atoms with Gasteiger partial charge in [-0.1, -0.05) is 36.4 Å². The smallest absolute Gasteiger partial charge is 0.232 e. The summed E-state index contributed by atoms with van der Waals surface area (Å²) < 4.78 is 5.40. The van der Waals surface area contributed by atoms with E-state index in [1.54, 1.807) is 0 Å². The molecule has 0 unspecified atom stereocenters. The number of hydrogen-bond donors (Lipinski definition) is 0. The molecule has 0 radical (unpaired) electrons. The molecule has 0 saturated carbocycles. The van der Waals surface area contributed by atoms with E-state index >= 15 is 0 Å². The number of carbonyl (C=O) groups is 1. The molecular formula is C21H24N2O2. The lowest BCUT2D eigenvalue weighted by atomic mass is 10.0. The van der Waals surface area contributed by atoms with Crippen LogP contribution in [0.2, 0.25) is 0 Å². The number of rotatable bonds is 3. The summed E-state index contributed by atoms with van der Waals surface area (Å²) in [6.45, 7) is 4.16. The molecule has 2 aromatic rings. The zero-order valence-corrected chi connectivity index (χ0v) is 14.5. The Hall–Kier alpha value is -2.17. The van der Waals surface area contributed by atoms with Crippen LogP contribution in [0.3, 0.4) is 0 Å². The minimum absolute atomic E-state index is 0.174. The van der Waals surface area contributed by atoms with E-state index in [2.05, 4.69) is 41.3 Å². The van der Waals surface area contributed by atoms with Crippen molar-refractivity contribution in [2.75, 3.05) is 37.7 Å². The van der Waals surface area contributed by atoms with Crippen molar-refractivity contribution in [3.8, 4) is 0 Å². The van der Waals surface area contributed by atoms with Gasteiger partial charge in [0.05, 0.1) is 24.6 Å². The van der Waals surface area contributed by atoms with Crippen molar-refractivity contribution in [3.05, 3.63) is 59.7 Å². The number of benzene rings is 2. The van der Waals surface area contributed by atoms with Gasteiger partial charge in [0.1, 0.15) is 0 Å². The molecule has 0 aliphatic carbocycles. The number of para-hydroxylation sites is 2. The molecule has 2 aromatic carbocycles. The van der Waals surface area contributed by atoms with Crippen molar-refractivity contribution < 1.29 is 9.53 Å². The maximum absolute atomic E-state index is 13.2. The second-order valence-electron chi connectivity index (χ2n) is 6.69. The molecular weight excluding hydrogens is 312 g/mol. The van der Waals surface area contributed by atoms with Crippen LogP contribution in [0.4, 0.5) is 11.4 Å². The zero-order chi connectivity index (χ0) is 17.1. The van der Waals surface area contributed by atoms with E-state index in [0.29, 0.717) is 6.42 Å². The van der Waals surface area contributed by atoms with E-state index in [4.69, 9.17) is 4.74 Å². The molecule has 25 heavy (non-hydrogen) atoms. The summed E-state index contributed by atoms with van der Waals surface area (Å²) in [6, 6.07) is 16.6. The molecule has 0 bridgehead atoms. The topological polar surface area (TPSA) is 32.8 Å². The minimum Gasteiger partial charge on any atom is -0.379 e. The van der Waals surface area contributed by atoms with E-state index in [1.807, 2.05) is 17.0 Å². The molecule has 0 N–H and O–H groups in total. The number of nitrogens with zero attached hydrogens (tertiary/aromatic N) is 2. The Bertz CT molecular complexity index is 706. The van der Waals surface area contributed by atoms with Crippen LogP contribution in [0.25, 0.3) is 0 Å². The number of aryl methyl sites for hydroxylation is 2. The predicted molar refractivity (Wildman–Crippen MR) is 99.3 cm³/mol. The van der Waals surface area contributed by atoms with E-state index < -0.39 is 0 Å². The summed E-state index contributed by atoms with van der Waals surface area (Å²) in [4.78, 5) is 17.4. The highest BCUT2D eigenvalue weighted by Crippen LogP contribution is 2.36. The molecule has 4 rings (SSSR count). The maximum Gasteiger partial charge on any atom is 0.232 e. The lowest BCUT2D eigenvalue weighted by Crippen LogP contribution is -2.39. The lowest BCUT2D eigenvalue weighted by molar-refractivity contribution is -0.118. The molecule has 4 nitrogen and oxygen atoms in total. The van der Waals surface area contributed by atoms with Gasteiger partial charge in [-0.15, -0.1) is 0 Å². The maximum atomic E-state index is 13.2. The first-order valence-corrected chi connectivity index (χ1v) is 9.12. The van der Waals surface area contributed by atoms with Gasteiger partial charge in [-0.2, -0.15) is 0 Å². The summed E-state index contributed by atoms with van der Waals surface area (Å²) in [5, 5.41) is 0. The number of hydrogen-bond acceptors (Lipinski definition) is 3. The first-order valence-electron chi connectivity index (χ1n) is 9.12. The average molecular weight is 336 g/mol. The molecule has 2 aliphatic rings. The number of morpholine rings is 1. The fraction of sp³-hybridized carbons (Fsp3) is 0.381. The summed E-state index contributed by atoms with van der Waals surface area (Å²) >= 11 is 0. The van der Waals surface area contributed by atoms with Gasteiger partial charge in [0.25, 0.3) is 0 Å². The molecule has 1 saturated heterocycles. The Kier molecular flexibility index (Phi) is 4.81. The van der Waals surface area contributed by atoms with Crippen molar-refractivity contribution >= 4 is 17.3 Å². The monoisotopic (exact) mass is 336 g/mol. The summed E-state index contributed by atoms with van der Waals surface area (Å²) in [7, 11) is 0. The van der Waals surface area contributed by atoms with E-state index in [9.17, 15) is 4.79 Å². The van der Waals surface area contributed by atoms with Gasteiger partial charge in [-0.05, 0) is 36.1 Å². The third-order valence-corrected chi connectivity index (χ3v) is 5.12. The van der Waals surface area contributed by atoms with Crippen LogP contribution in [-0.4, -0.2) is 43.7 Å². The Morgan fingerprint density at radius 3 is 2.04 bits per heavy atom. The van der Waals surface area contributed by atoms with Crippen molar-refractivity contribution in [1.29, 1.82) is 0 Å². The van der Waals surface area contributed by atoms with Crippen LogP contribution >= 0.6 is 0 Å². The molecule has 130 valence electrons. The third kappa shape index (κ3) is 3.46. The minimum atomic E-state index is 0.174. The fourth-order valence-corrected chi connectivity index (χ4v) is 3.74. The highest BCUT2D eigenvalue weighted by atomic mass is 16.5. The standard InChI is InChI=1S/C21H24N2O2/c24-21(11-12-22-13-15-25-16-14-22)23-19-7-3-1-5-17(19)9-10-18-6-2-4-8-20(18)23/h1-8H,9-16H2. The SMILES string of the molecule is O=C(CCN1CCOCC1)N1c2ccccc2CCc2ccccc21. The summed E-state index contributed by atoms with van der Waals surface area (Å²) in [5.41, 5.74) is 4.58. The van der Waals surface area contributed by atoms with Crippen molar-refractivity contribution in [1.82, 2.24) is 4.90 Å². The highest BCUT2D eigenvalue weighted by Gasteiger charge is 2.25. The first kappa shape index (κ1) is 16.3. The highest BCUT2D eigenvalue weighted by molar-refractivity contribution is 6.02. The van der Waals surface area contributed by atoms with Gasteiger partial charge in [0.15, 0.2) is 0 Å². The number of anilines is 2. The molecule has 0 aromatic heterocycles. The van der Waals surface area contributed by atoms with E-state index in [-0.39, 0.29) is 5.91 Å². The third-order valence-electron chi connectivity index (χ3n) is 5.12. The van der Waals surface area contributed by atoms with Crippen molar-refractivity contribution in [3.63, 3.8) is 0 Å². The van der Waals surface area contributed by atoms with Gasteiger partial charge in [-0.3, -0.25) is 14.6 Å². The molecule has 4 heteroatoms. The largest absolute Gasteiger partial charge is 0.379 e. The average Bonchev–Trinajstić information content (AvgIpc) is 2.84. The Morgan fingerprint density at radius 2 is 1.44 bits per heavy atom. The molecule has 1 amide bonds. The normalized spacial score (nSPS) is 17.5. The van der Waals surface area contributed by atoms with Gasteiger partial charge >= 0.3 is 0 Å². The molecule has 0 atom stereocenters. The molecule has 2 heterocycles. The van der Waals surface area contributed by atoms with Gasteiger partial charge in [0, 0.05) is 26.1 Å². The van der Waals surface area contributed by atoms with Gasteiger partial charge in [0.2, 0.25) is 5.91 Å². The number of amides is 1. The van der Waals surface area contributed by atoms with Crippen LogP contribution in [0.15, 0.2) is 48.5 Å². The van der Waals surface area contributed by atoms with E-state index in [0.717, 1.165) is 57.1 Å². The quantitative estimate of drug-likeness (QED) is 0.863. The van der Waals surface area contributed by atoms with Crippen LogP contribution in [0, 0.1) is 0 Å². The lowest BCUT2D eigenvalue weighted by Gasteiger charge is -2.29. The number of carbonyl (C=O) groups excluding carboxylic acids is 1. The van der Waals surface area contributed by atoms with Crippen LogP contribution < -0.4 is 4.90 Å². The Balaban J connectivity index is 1.61. The Labute approximate surface area is 149 Å².